The van der Waals surface area contributed by atoms with Gasteiger partial charge in [0.1, 0.15) is 0 Å². The second-order valence-corrected chi connectivity index (χ2v) is 4.31. The van der Waals surface area contributed by atoms with Crippen molar-refractivity contribution < 1.29 is 0 Å². The highest BCUT2D eigenvalue weighted by molar-refractivity contribution is 4.92. The van der Waals surface area contributed by atoms with Crippen LogP contribution in [0.25, 0.3) is 0 Å². The van der Waals surface area contributed by atoms with Crippen molar-refractivity contribution in [2.75, 3.05) is 6.54 Å². The van der Waals surface area contributed by atoms with Gasteiger partial charge < -0.3 is 5.32 Å². The van der Waals surface area contributed by atoms with Crippen LogP contribution in [0.3, 0.4) is 0 Å². The third kappa shape index (κ3) is 8.31. The third-order valence-electron chi connectivity index (χ3n) is 2.43. The van der Waals surface area contributed by atoms with Crippen LogP contribution in [0.15, 0.2) is 12.2 Å². The smallest absolute Gasteiger partial charge is 0.0104 e. The molecule has 0 rings (SSSR count). The van der Waals surface area contributed by atoms with E-state index in [1.54, 1.807) is 0 Å². The second-order valence-electron chi connectivity index (χ2n) is 4.31. The first-order chi connectivity index (χ1) is 6.70. The molecule has 0 fully saturated rings. The Morgan fingerprint density at radius 1 is 1.21 bits per heavy atom. The van der Waals surface area contributed by atoms with E-state index in [9.17, 15) is 0 Å². The van der Waals surface area contributed by atoms with Crippen molar-refractivity contribution >= 4 is 0 Å². The van der Waals surface area contributed by atoms with E-state index in [1.165, 1.54) is 37.7 Å². The van der Waals surface area contributed by atoms with Crippen LogP contribution in [0.2, 0.25) is 0 Å². The average molecular weight is 197 g/mol. The lowest BCUT2D eigenvalue weighted by Crippen LogP contribution is -2.29. The van der Waals surface area contributed by atoms with Crippen LogP contribution in [-0.4, -0.2) is 12.6 Å². The summed E-state index contributed by atoms with van der Waals surface area (Å²) < 4.78 is 0. The Kier molecular flexibility index (Phi) is 9.06. The van der Waals surface area contributed by atoms with Gasteiger partial charge >= 0.3 is 0 Å². The van der Waals surface area contributed by atoms with Crippen molar-refractivity contribution in [1.82, 2.24) is 5.32 Å². The zero-order chi connectivity index (χ0) is 10.8. The number of hydrogen-bond donors (Lipinski definition) is 1. The molecule has 0 aromatic carbocycles. The van der Waals surface area contributed by atoms with Crippen LogP contribution in [-0.2, 0) is 0 Å². The molecule has 0 aromatic heterocycles. The third-order valence-corrected chi connectivity index (χ3v) is 2.43. The lowest BCUT2D eigenvalue weighted by Gasteiger charge is -2.18. The molecule has 0 saturated carbocycles. The largest absolute Gasteiger partial charge is 0.314 e. The van der Waals surface area contributed by atoms with Gasteiger partial charge in [0.2, 0.25) is 0 Å². The molecule has 1 unspecified atom stereocenters. The van der Waals surface area contributed by atoms with E-state index in [0.29, 0.717) is 6.04 Å². The van der Waals surface area contributed by atoms with E-state index in [0.717, 1.165) is 13.0 Å². The number of unbranched alkanes of at least 4 members (excludes halogenated alkanes) is 2. The summed E-state index contributed by atoms with van der Waals surface area (Å²) in [5.74, 6) is 0. The van der Waals surface area contributed by atoms with E-state index in [2.05, 4.69) is 32.7 Å². The molecule has 0 amide bonds. The minimum absolute atomic E-state index is 0.666. The Labute approximate surface area is 90.0 Å². The molecule has 1 atom stereocenters. The van der Waals surface area contributed by atoms with Gasteiger partial charge in [-0.25, -0.2) is 0 Å². The lowest BCUT2D eigenvalue weighted by atomic mass is 10.0. The molecular weight excluding hydrogens is 170 g/mol. The first kappa shape index (κ1) is 13.7. The van der Waals surface area contributed by atoms with Crippen molar-refractivity contribution in [3.05, 3.63) is 12.2 Å². The predicted molar refractivity (Wildman–Crippen MR) is 65.7 cm³/mol. The summed E-state index contributed by atoms with van der Waals surface area (Å²) in [6.45, 7) is 11.7. The lowest BCUT2D eigenvalue weighted by molar-refractivity contribution is 0.455. The first-order valence-corrected chi connectivity index (χ1v) is 6.08. The van der Waals surface area contributed by atoms with Gasteiger partial charge in [-0.1, -0.05) is 38.7 Å². The maximum absolute atomic E-state index is 3.99. The molecule has 14 heavy (non-hydrogen) atoms. The van der Waals surface area contributed by atoms with Gasteiger partial charge in [0.15, 0.2) is 0 Å². The topological polar surface area (TPSA) is 12.0 Å². The zero-order valence-corrected chi connectivity index (χ0v) is 10.2. The van der Waals surface area contributed by atoms with Crippen molar-refractivity contribution in [3.8, 4) is 0 Å². The maximum atomic E-state index is 3.99. The Morgan fingerprint density at radius 3 is 2.43 bits per heavy atom. The van der Waals surface area contributed by atoms with Crippen LogP contribution in [0, 0.1) is 0 Å². The summed E-state index contributed by atoms with van der Waals surface area (Å²) in [5, 5.41) is 3.60. The molecule has 0 aromatic rings. The van der Waals surface area contributed by atoms with Gasteiger partial charge in [-0.15, -0.1) is 6.58 Å². The average Bonchev–Trinajstić information content (AvgIpc) is 2.13. The monoisotopic (exact) mass is 197 g/mol. The SMILES string of the molecule is C=C(C)CC(CCCCC)NCCC. The summed E-state index contributed by atoms with van der Waals surface area (Å²) in [5.41, 5.74) is 1.30. The van der Waals surface area contributed by atoms with Crippen LogP contribution in [0.5, 0.6) is 0 Å². The molecule has 84 valence electrons. The standard InChI is InChI=1S/C13H27N/c1-5-7-8-9-13(11-12(3)4)14-10-6-2/h13-14H,3,5-11H2,1-2,4H3. The van der Waals surface area contributed by atoms with Crippen LogP contribution >= 0.6 is 0 Å². The molecule has 0 radical (unpaired) electrons. The number of hydrogen-bond acceptors (Lipinski definition) is 1. The highest BCUT2D eigenvalue weighted by atomic mass is 14.9. The Hall–Kier alpha value is -0.300. The van der Waals surface area contributed by atoms with Gasteiger partial charge in [0, 0.05) is 6.04 Å². The molecule has 0 aliphatic carbocycles. The zero-order valence-electron chi connectivity index (χ0n) is 10.2. The van der Waals surface area contributed by atoms with Crippen molar-refractivity contribution in [2.24, 2.45) is 0 Å². The first-order valence-electron chi connectivity index (χ1n) is 6.08. The highest BCUT2D eigenvalue weighted by Gasteiger charge is 2.06. The maximum Gasteiger partial charge on any atom is 0.0104 e. The second kappa shape index (κ2) is 9.26. The fraction of sp³-hybridized carbons (Fsp3) is 0.846. The molecule has 0 spiro atoms. The fourth-order valence-corrected chi connectivity index (χ4v) is 1.69. The highest BCUT2D eigenvalue weighted by Crippen LogP contribution is 2.10. The normalized spacial score (nSPS) is 12.8. The molecule has 1 heteroatoms. The van der Waals surface area contributed by atoms with E-state index in [-0.39, 0.29) is 0 Å². The fourth-order valence-electron chi connectivity index (χ4n) is 1.69. The molecular formula is C13H27N. The van der Waals surface area contributed by atoms with Crippen molar-refractivity contribution in [2.45, 2.75) is 65.3 Å². The minimum atomic E-state index is 0.666. The molecule has 0 bridgehead atoms. The number of rotatable bonds is 9. The van der Waals surface area contributed by atoms with Gasteiger partial charge in [-0.2, -0.15) is 0 Å². The summed E-state index contributed by atoms with van der Waals surface area (Å²) in [6.07, 6.45) is 7.70. The van der Waals surface area contributed by atoms with E-state index >= 15 is 0 Å². The van der Waals surface area contributed by atoms with Crippen LogP contribution in [0.4, 0.5) is 0 Å². The van der Waals surface area contributed by atoms with Crippen LogP contribution in [0.1, 0.15) is 59.3 Å². The number of nitrogens with one attached hydrogen (secondary N) is 1. The molecule has 0 aliphatic rings. The molecule has 0 heterocycles. The van der Waals surface area contributed by atoms with E-state index < -0.39 is 0 Å². The minimum Gasteiger partial charge on any atom is -0.314 e. The van der Waals surface area contributed by atoms with Gasteiger partial charge in [0.25, 0.3) is 0 Å². The van der Waals surface area contributed by atoms with Crippen molar-refractivity contribution in [1.29, 1.82) is 0 Å². The molecule has 1 nitrogen and oxygen atoms in total. The van der Waals surface area contributed by atoms with Gasteiger partial charge in [-0.05, 0) is 32.7 Å². The molecule has 0 aliphatic heterocycles. The summed E-state index contributed by atoms with van der Waals surface area (Å²) >= 11 is 0. The Morgan fingerprint density at radius 2 is 1.93 bits per heavy atom. The van der Waals surface area contributed by atoms with Gasteiger partial charge in [-0.3, -0.25) is 0 Å². The van der Waals surface area contributed by atoms with Crippen molar-refractivity contribution in [3.63, 3.8) is 0 Å². The Balaban J connectivity index is 3.66. The van der Waals surface area contributed by atoms with Crippen LogP contribution < -0.4 is 5.32 Å². The molecule has 0 saturated heterocycles. The van der Waals surface area contributed by atoms with E-state index in [4.69, 9.17) is 0 Å². The predicted octanol–water partition coefficient (Wildman–Crippen LogP) is 3.90. The quantitative estimate of drug-likeness (QED) is 0.436. The summed E-state index contributed by atoms with van der Waals surface area (Å²) in [6, 6.07) is 0.666. The molecule has 1 N–H and O–H groups in total. The summed E-state index contributed by atoms with van der Waals surface area (Å²) in [7, 11) is 0. The summed E-state index contributed by atoms with van der Waals surface area (Å²) in [4.78, 5) is 0. The Bertz CT molecular complexity index is 140. The van der Waals surface area contributed by atoms with Gasteiger partial charge in [0.05, 0.1) is 0 Å². The van der Waals surface area contributed by atoms with E-state index in [1.807, 2.05) is 0 Å².